The molecule has 0 aromatic carbocycles. The first-order chi connectivity index (χ1) is 12.7. The Balaban J connectivity index is 1.73. The number of carbonyl (C=O) groups is 1. The molecule has 1 unspecified atom stereocenters. The van der Waals surface area contributed by atoms with Crippen LogP contribution in [0.3, 0.4) is 0 Å². The standard InChI is InChI=1S/C19H24N4O3/c1-14-4-2-7-23-16(12-22-6-3-5-15(22)13-24)17(20-18(14)23)19(25)21-8-10-26-11-9-21/h2-5,7,15,24H,6,8-13H2,1H3. The molecule has 138 valence electrons. The van der Waals surface area contributed by atoms with Gasteiger partial charge in [-0.05, 0) is 18.6 Å². The lowest BCUT2D eigenvalue weighted by Gasteiger charge is -2.27. The Bertz CT molecular complexity index is 839. The molecule has 1 amide bonds. The molecule has 0 saturated carbocycles. The summed E-state index contributed by atoms with van der Waals surface area (Å²) >= 11 is 0. The highest BCUT2D eigenvalue weighted by atomic mass is 16.5. The van der Waals surface area contributed by atoms with E-state index in [1.54, 1.807) is 0 Å². The van der Waals surface area contributed by atoms with Gasteiger partial charge >= 0.3 is 0 Å². The van der Waals surface area contributed by atoms with Gasteiger partial charge in [-0.3, -0.25) is 9.69 Å². The second-order valence-electron chi connectivity index (χ2n) is 6.80. The minimum absolute atomic E-state index is 0.0169. The average molecular weight is 356 g/mol. The molecule has 1 saturated heterocycles. The summed E-state index contributed by atoms with van der Waals surface area (Å²) in [5.41, 5.74) is 3.23. The molecule has 7 heteroatoms. The van der Waals surface area contributed by atoms with Gasteiger partial charge in [-0.1, -0.05) is 18.2 Å². The van der Waals surface area contributed by atoms with Crippen LogP contribution in [-0.4, -0.2) is 75.7 Å². The number of amides is 1. The summed E-state index contributed by atoms with van der Waals surface area (Å²) in [5.74, 6) is -0.0425. The summed E-state index contributed by atoms with van der Waals surface area (Å²) < 4.78 is 7.38. The van der Waals surface area contributed by atoms with Crippen LogP contribution < -0.4 is 0 Å². The number of pyridine rings is 1. The summed E-state index contributed by atoms with van der Waals surface area (Å²) in [6.07, 6.45) is 6.02. The fraction of sp³-hybridized carbons (Fsp3) is 0.474. The van der Waals surface area contributed by atoms with Crippen LogP contribution in [0.5, 0.6) is 0 Å². The lowest BCUT2D eigenvalue weighted by atomic mass is 10.2. The normalized spacial score (nSPS) is 21.0. The fourth-order valence-corrected chi connectivity index (χ4v) is 3.65. The zero-order valence-electron chi connectivity index (χ0n) is 15.0. The molecule has 4 rings (SSSR count). The van der Waals surface area contributed by atoms with Crippen LogP contribution in [0.4, 0.5) is 0 Å². The van der Waals surface area contributed by atoms with Gasteiger partial charge in [0.25, 0.3) is 5.91 Å². The zero-order chi connectivity index (χ0) is 18.1. The number of hydrogen-bond donors (Lipinski definition) is 1. The number of aromatic nitrogens is 2. The maximum Gasteiger partial charge on any atom is 0.274 e. The zero-order valence-corrected chi connectivity index (χ0v) is 15.0. The molecule has 7 nitrogen and oxygen atoms in total. The number of carbonyl (C=O) groups excluding carboxylic acids is 1. The maximum absolute atomic E-state index is 13.1. The second-order valence-corrected chi connectivity index (χ2v) is 6.80. The van der Waals surface area contributed by atoms with Gasteiger partial charge in [-0.15, -0.1) is 0 Å². The van der Waals surface area contributed by atoms with Crippen molar-refractivity contribution >= 4 is 11.6 Å². The minimum Gasteiger partial charge on any atom is -0.394 e. The van der Waals surface area contributed by atoms with E-state index in [1.165, 1.54) is 0 Å². The van der Waals surface area contributed by atoms with Crippen molar-refractivity contribution in [2.75, 3.05) is 39.5 Å². The summed E-state index contributed by atoms with van der Waals surface area (Å²) in [6.45, 7) is 5.71. The predicted molar refractivity (Wildman–Crippen MR) is 97.1 cm³/mol. The van der Waals surface area contributed by atoms with E-state index in [2.05, 4.69) is 11.0 Å². The SMILES string of the molecule is Cc1cccn2c(CN3CC=CC3CO)c(C(=O)N3CCOCC3)nc12. The number of nitrogens with zero attached hydrogens (tertiary/aromatic N) is 4. The van der Waals surface area contributed by atoms with E-state index in [1.807, 2.05) is 40.6 Å². The topological polar surface area (TPSA) is 70.3 Å². The van der Waals surface area contributed by atoms with Crippen LogP contribution in [0.1, 0.15) is 21.7 Å². The molecule has 2 aliphatic rings. The van der Waals surface area contributed by atoms with Crippen molar-refractivity contribution in [3.05, 3.63) is 47.4 Å². The van der Waals surface area contributed by atoms with Crippen molar-refractivity contribution in [3.8, 4) is 0 Å². The van der Waals surface area contributed by atoms with Gasteiger partial charge in [-0.25, -0.2) is 4.98 Å². The van der Waals surface area contributed by atoms with Crippen molar-refractivity contribution in [1.82, 2.24) is 19.2 Å². The largest absolute Gasteiger partial charge is 0.394 e. The van der Waals surface area contributed by atoms with Gasteiger partial charge in [-0.2, -0.15) is 0 Å². The van der Waals surface area contributed by atoms with Crippen molar-refractivity contribution in [2.24, 2.45) is 0 Å². The smallest absolute Gasteiger partial charge is 0.274 e. The number of aliphatic hydroxyl groups is 1. The first kappa shape index (κ1) is 17.2. The second kappa shape index (κ2) is 7.19. The number of aryl methyl sites for hydroxylation is 1. The number of rotatable bonds is 4. The Labute approximate surface area is 152 Å². The van der Waals surface area contributed by atoms with Crippen LogP contribution in [0.25, 0.3) is 5.65 Å². The first-order valence-electron chi connectivity index (χ1n) is 9.04. The van der Waals surface area contributed by atoms with E-state index in [4.69, 9.17) is 9.72 Å². The first-order valence-corrected chi connectivity index (χ1v) is 9.04. The minimum atomic E-state index is -0.0425. The average Bonchev–Trinajstić information content (AvgIpc) is 3.28. The van der Waals surface area contributed by atoms with Crippen molar-refractivity contribution in [2.45, 2.75) is 19.5 Å². The van der Waals surface area contributed by atoms with Crippen molar-refractivity contribution in [3.63, 3.8) is 0 Å². The Morgan fingerprint density at radius 3 is 2.96 bits per heavy atom. The molecule has 1 N–H and O–H groups in total. The van der Waals surface area contributed by atoms with Gasteiger partial charge in [0, 0.05) is 32.4 Å². The van der Waals surface area contributed by atoms with Crippen LogP contribution in [0, 0.1) is 6.92 Å². The lowest BCUT2D eigenvalue weighted by molar-refractivity contribution is 0.0298. The molecule has 2 aromatic heterocycles. The van der Waals surface area contributed by atoms with Crippen LogP contribution >= 0.6 is 0 Å². The quantitative estimate of drug-likeness (QED) is 0.823. The lowest BCUT2D eigenvalue weighted by Crippen LogP contribution is -2.41. The van der Waals surface area contributed by atoms with E-state index < -0.39 is 0 Å². The van der Waals surface area contributed by atoms with E-state index in [9.17, 15) is 9.90 Å². The molecule has 4 heterocycles. The van der Waals surface area contributed by atoms with E-state index in [0.717, 1.165) is 23.4 Å². The number of morpholine rings is 1. The third-order valence-electron chi connectivity index (χ3n) is 5.15. The molecule has 0 spiro atoms. The number of hydrogen-bond acceptors (Lipinski definition) is 5. The van der Waals surface area contributed by atoms with Crippen molar-refractivity contribution < 1.29 is 14.6 Å². The summed E-state index contributed by atoms with van der Waals surface area (Å²) in [6, 6.07) is 3.96. The van der Waals surface area contributed by atoms with Crippen LogP contribution in [0.2, 0.25) is 0 Å². The number of ether oxygens (including phenoxy) is 1. The monoisotopic (exact) mass is 356 g/mol. The highest BCUT2D eigenvalue weighted by Crippen LogP contribution is 2.22. The Morgan fingerprint density at radius 1 is 1.38 bits per heavy atom. The van der Waals surface area contributed by atoms with Crippen molar-refractivity contribution in [1.29, 1.82) is 0 Å². The fourth-order valence-electron chi connectivity index (χ4n) is 3.65. The van der Waals surface area contributed by atoms with Gasteiger partial charge < -0.3 is 19.1 Å². The predicted octanol–water partition coefficient (Wildman–Crippen LogP) is 0.848. The molecule has 2 aliphatic heterocycles. The number of fused-ring (bicyclic) bond motifs is 1. The summed E-state index contributed by atoms with van der Waals surface area (Å²) in [5, 5.41) is 9.60. The number of aliphatic hydroxyl groups excluding tert-OH is 1. The van der Waals surface area contributed by atoms with E-state index in [-0.39, 0.29) is 18.6 Å². The van der Waals surface area contributed by atoms with Gasteiger partial charge in [0.15, 0.2) is 5.69 Å². The molecule has 0 bridgehead atoms. The van der Waals surface area contributed by atoms with Crippen LogP contribution in [-0.2, 0) is 11.3 Å². The van der Waals surface area contributed by atoms with Gasteiger partial charge in [0.05, 0.1) is 31.6 Å². The molecule has 0 radical (unpaired) electrons. The van der Waals surface area contributed by atoms with E-state index >= 15 is 0 Å². The third-order valence-corrected chi connectivity index (χ3v) is 5.15. The highest BCUT2D eigenvalue weighted by Gasteiger charge is 2.28. The molecule has 1 fully saturated rings. The summed E-state index contributed by atoms with van der Waals surface area (Å²) in [7, 11) is 0. The van der Waals surface area contributed by atoms with Gasteiger partial charge in [0.2, 0.25) is 0 Å². The number of imidazole rings is 1. The van der Waals surface area contributed by atoms with Gasteiger partial charge in [0.1, 0.15) is 5.65 Å². The Hall–Kier alpha value is -2.22. The third kappa shape index (κ3) is 3.02. The molecule has 2 aromatic rings. The Kier molecular flexibility index (Phi) is 4.76. The maximum atomic E-state index is 13.1. The molecule has 0 aliphatic carbocycles. The summed E-state index contributed by atoms with van der Waals surface area (Å²) in [4.78, 5) is 21.8. The van der Waals surface area contributed by atoms with E-state index in [0.29, 0.717) is 38.5 Å². The molecule has 1 atom stereocenters. The highest BCUT2D eigenvalue weighted by molar-refractivity contribution is 5.94. The Morgan fingerprint density at radius 2 is 2.19 bits per heavy atom. The molecular formula is C19H24N4O3. The molecular weight excluding hydrogens is 332 g/mol. The van der Waals surface area contributed by atoms with Crippen LogP contribution in [0.15, 0.2) is 30.5 Å². The molecule has 26 heavy (non-hydrogen) atoms.